The third-order valence-corrected chi connectivity index (χ3v) is 4.47. The molecule has 1 amide bonds. The van der Waals surface area contributed by atoms with Gasteiger partial charge in [0.2, 0.25) is 0 Å². The largest absolute Gasteiger partial charge is 0.466 e. The zero-order chi connectivity index (χ0) is 18.5. The summed E-state index contributed by atoms with van der Waals surface area (Å²) >= 11 is 0. The first-order valence-electron chi connectivity index (χ1n) is 8.56. The van der Waals surface area contributed by atoms with Crippen molar-refractivity contribution in [2.75, 3.05) is 63.3 Å². The summed E-state index contributed by atoms with van der Waals surface area (Å²) in [7, 11) is 1.29. The fraction of sp³-hybridized carbons (Fsp3) is 0.444. The van der Waals surface area contributed by atoms with Crippen LogP contribution in [0.3, 0.4) is 0 Å². The number of esters is 1. The van der Waals surface area contributed by atoms with Crippen LogP contribution >= 0.6 is 0 Å². The van der Waals surface area contributed by atoms with Gasteiger partial charge in [0.1, 0.15) is 5.70 Å². The average molecular weight is 361 g/mol. The molecule has 1 aromatic carbocycles. The second kappa shape index (κ2) is 8.20. The van der Waals surface area contributed by atoms with E-state index in [0.29, 0.717) is 13.2 Å². The Morgan fingerprint density at radius 1 is 1.31 bits per heavy atom. The molecule has 1 fully saturated rings. The monoisotopic (exact) mass is 361 g/mol. The third-order valence-electron chi connectivity index (χ3n) is 4.47. The Kier molecular flexibility index (Phi) is 5.75. The summed E-state index contributed by atoms with van der Waals surface area (Å²) in [6.07, 6.45) is 0. The molecule has 2 N–H and O–H groups in total. The Balaban J connectivity index is 1.90. The van der Waals surface area contributed by atoms with Gasteiger partial charge < -0.3 is 29.7 Å². The standard InChI is InChI=1S/C18H23N3O5/c1-25-18(24)13-12-21(6-9-22)17(23)16(13)19-14-4-2-3-5-15(14)20-7-10-26-11-8-20/h2-5,19,22H,6-12H2,1H3. The van der Waals surface area contributed by atoms with E-state index in [0.717, 1.165) is 24.5 Å². The molecule has 0 aromatic heterocycles. The van der Waals surface area contributed by atoms with Crippen LogP contribution in [0, 0.1) is 0 Å². The molecule has 3 rings (SSSR count). The molecule has 8 heteroatoms. The highest BCUT2D eigenvalue weighted by Crippen LogP contribution is 2.30. The van der Waals surface area contributed by atoms with E-state index >= 15 is 0 Å². The Labute approximate surface area is 152 Å². The highest BCUT2D eigenvalue weighted by atomic mass is 16.5. The van der Waals surface area contributed by atoms with E-state index in [2.05, 4.69) is 10.2 Å². The number of anilines is 2. The van der Waals surface area contributed by atoms with Gasteiger partial charge in [0.15, 0.2) is 0 Å². The molecule has 0 unspecified atom stereocenters. The number of para-hydroxylation sites is 2. The number of carbonyl (C=O) groups is 2. The molecular formula is C18H23N3O5. The van der Waals surface area contributed by atoms with Crippen LogP contribution < -0.4 is 10.2 Å². The summed E-state index contributed by atoms with van der Waals surface area (Å²) in [5.41, 5.74) is 2.15. The number of nitrogens with zero attached hydrogens (tertiary/aromatic N) is 2. The Morgan fingerprint density at radius 3 is 2.73 bits per heavy atom. The van der Waals surface area contributed by atoms with Gasteiger partial charge in [0.05, 0.1) is 50.4 Å². The maximum absolute atomic E-state index is 12.7. The van der Waals surface area contributed by atoms with Crippen molar-refractivity contribution in [3.63, 3.8) is 0 Å². The average Bonchev–Trinajstić information content (AvgIpc) is 2.98. The van der Waals surface area contributed by atoms with Gasteiger partial charge in [-0.25, -0.2) is 4.79 Å². The van der Waals surface area contributed by atoms with E-state index in [9.17, 15) is 9.59 Å². The van der Waals surface area contributed by atoms with Crippen molar-refractivity contribution >= 4 is 23.3 Å². The summed E-state index contributed by atoms with van der Waals surface area (Å²) < 4.78 is 10.2. The third kappa shape index (κ3) is 3.66. The van der Waals surface area contributed by atoms with Crippen LogP contribution in [0.1, 0.15) is 0 Å². The molecule has 0 bridgehead atoms. The summed E-state index contributed by atoms with van der Waals surface area (Å²) in [5, 5.41) is 12.3. The van der Waals surface area contributed by atoms with E-state index in [4.69, 9.17) is 14.6 Å². The van der Waals surface area contributed by atoms with Crippen molar-refractivity contribution in [1.82, 2.24) is 4.90 Å². The molecule has 0 atom stereocenters. The van der Waals surface area contributed by atoms with Crippen molar-refractivity contribution in [1.29, 1.82) is 0 Å². The van der Waals surface area contributed by atoms with E-state index in [-0.39, 0.29) is 36.9 Å². The smallest absolute Gasteiger partial charge is 0.337 e. The number of hydrogen-bond donors (Lipinski definition) is 2. The quantitative estimate of drug-likeness (QED) is 0.699. The zero-order valence-corrected chi connectivity index (χ0v) is 14.7. The molecule has 2 heterocycles. The number of aliphatic hydroxyl groups is 1. The Morgan fingerprint density at radius 2 is 2.04 bits per heavy atom. The molecular weight excluding hydrogens is 338 g/mol. The molecule has 2 aliphatic rings. The molecule has 0 saturated carbocycles. The number of β-amino-alcohol motifs (C(OH)–C–C–N with tert-alkyl or cyclic N) is 1. The molecule has 0 radical (unpaired) electrons. The van der Waals surface area contributed by atoms with Crippen LogP contribution in [0.15, 0.2) is 35.5 Å². The number of rotatable bonds is 6. The number of carbonyl (C=O) groups excluding carboxylic acids is 2. The topological polar surface area (TPSA) is 91.3 Å². The van der Waals surface area contributed by atoms with Crippen LogP contribution in [0.4, 0.5) is 11.4 Å². The van der Waals surface area contributed by atoms with Crippen molar-refractivity contribution < 1.29 is 24.2 Å². The molecule has 26 heavy (non-hydrogen) atoms. The van der Waals surface area contributed by atoms with E-state index < -0.39 is 5.97 Å². The maximum Gasteiger partial charge on any atom is 0.337 e. The number of nitrogens with one attached hydrogen (secondary N) is 1. The molecule has 140 valence electrons. The molecule has 0 aliphatic carbocycles. The minimum Gasteiger partial charge on any atom is -0.466 e. The fourth-order valence-corrected chi connectivity index (χ4v) is 3.14. The lowest BCUT2D eigenvalue weighted by Gasteiger charge is -2.30. The summed E-state index contributed by atoms with van der Waals surface area (Å²) in [6, 6.07) is 7.64. The lowest BCUT2D eigenvalue weighted by molar-refractivity contribution is -0.136. The molecule has 1 saturated heterocycles. The van der Waals surface area contributed by atoms with E-state index in [1.165, 1.54) is 12.0 Å². The highest BCUT2D eigenvalue weighted by molar-refractivity contribution is 6.09. The normalized spacial score (nSPS) is 17.7. The number of methoxy groups -OCH3 is 1. The first kappa shape index (κ1) is 18.2. The first-order valence-corrected chi connectivity index (χ1v) is 8.56. The Hall–Kier alpha value is -2.58. The van der Waals surface area contributed by atoms with Gasteiger partial charge in [-0.05, 0) is 12.1 Å². The number of amides is 1. The SMILES string of the molecule is COC(=O)C1=C(Nc2ccccc2N2CCOCC2)C(=O)N(CCO)C1. The van der Waals surface area contributed by atoms with Crippen molar-refractivity contribution in [3.05, 3.63) is 35.5 Å². The lowest BCUT2D eigenvalue weighted by atomic mass is 10.2. The van der Waals surface area contributed by atoms with Gasteiger partial charge in [0.25, 0.3) is 5.91 Å². The minimum atomic E-state index is -0.551. The van der Waals surface area contributed by atoms with Crippen LogP contribution in [-0.2, 0) is 19.1 Å². The number of hydrogen-bond acceptors (Lipinski definition) is 7. The predicted molar refractivity (Wildman–Crippen MR) is 95.8 cm³/mol. The predicted octanol–water partition coefficient (Wildman–Crippen LogP) is 0.197. The van der Waals surface area contributed by atoms with Crippen LogP contribution in [0.25, 0.3) is 0 Å². The molecule has 1 aromatic rings. The number of ether oxygens (including phenoxy) is 2. The second-order valence-corrected chi connectivity index (χ2v) is 6.04. The lowest BCUT2D eigenvalue weighted by Crippen LogP contribution is -2.36. The van der Waals surface area contributed by atoms with Gasteiger partial charge in [-0.1, -0.05) is 12.1 Å². The molecule has 0 spiro atoms. The van der Waals surface area contributed by atoms with Gasteiger partial charge in [-0.3, -0.25) is 4.79 Å². The number of morpholine rings is 1. The summed E-state index contributed by atoms with van der Waals surface area (Å²) in [6.45, 7) is 2.92. The summed E-state index contributed by atoms with van der Waals surface area (Å²) in [4.78, 5) is 28.4. The van der Waals surface area contributed by atoms with Crippen molar-refractivity contribution in [2.24, 2.45) is 0 Å². The molecule has 2 aliphatic heterocycles. The first-order chi connectivity index (χ1) is 12.7. The number of benzene rings is 1. The van der Waals surface area contributed by atoms with Crippen molar-refractivity contribution in [2.45, 2.75) is 0 Å². The van der Waals surface area contributed by atoms with Crippen LogP contribution in [0.5, 0.6) is 0 Å². The number of aliphatic hydroxyl groups excluding tert-OH is 1. The minimum absolute atomic E-state index is 0.119. The van der Waals surface area contributed by atoms with E-state index in [1.54, 1.807) is 0 Å². The van der Waals surface area contributed by atoms with Crippen LogP contribution in [0.2, 0.25) is 0 Å². The zero-order valence-electron chi connectivity index (χ0n) is 14.7. The van der Waals surface area contributed by atoms with Crippen molar-refractivity contribution in [3.8, 4) is 0 Å². The van der Waals surface area contributed by atoms with Gasteiger partial charge in [-0.2, -0.15) is 0 Å². The highest BCUT2D eigenvalue weighted by Gasteiger charge is 2.34. The van der Waals surface area contributed by atoms with Gasteiger partial charge in [-0.15, -0.1) is 0 Å². The van der Waals surface area contributed by atoms with Crippen LogP contribution in [-0.4, -0.2) is 75.0 Å². The maximum atomic E-state index is 12.7. The van der Waals surface area contributed by atoms with E-state index in [1.807, 2.05) is 24.3 Å². The molecule has 8 nitrogen and oxygen atoms in total. The van der Waals surface area contributed by atoms with Gasteiger partial charge >= 0.3 is 5.97 Å². The Bertz CT molecular complexity index is 713. The summed E-state index contributed by atoms with van der Waals surface area (Å²) in [5.74, 6) is -0.874. The fourth-order valence-electron chi connectivity index (χ4n) is 3.14. The second-order valence-electron chi connectivity index (χ2n) is 6.04. The van der Waals surface area contributed by atoms with Gasteiger partial charge in [0, 0.05) is 19.6 Å².